The molecule has 1 amide bonds. The summed E-state index contributed by atoms with van der Waals surface area (Å²) < 4.78 is 38.1. The molecule has 0 bridgehead atoms. The lowest BCUT2D eigenvalue weighted by molar-refractivity contribution is -0.272. The molecule has 1 aromatic rings. The molecule has 1 aliphatic heterocycles. The van der Waals surface area contributed by atoms with E-state index >= 15 is 0 Å². The summed E-state index contributed by atoms with van der Waals surface area (Å²) in [5, 5.41) is 9.59. The molecule has 1 saturated heterocycles. The normalized spacial score (nSPS) is 20.1. The minimum Gasteiger partial charge on any atom is -0.380 e. The molecule has 1 N–H and O–H groups in total. The second-order valence-electron chi connectivity index (χ2n) is 5.36. The van der Waals surface area contributed by atoms with Gasteiger partial charge in [0.15, 0.2) is 5.60 Å². The zero-order chi connectivity index (χ0) is 15.7. The highest BCUT2D eigenvalue weighted by Gasteiger charge is 2.55. The van der Waals surface area contributed by atoms with Crippen molar-refractivity contribution in [3.63, 3.8) is 0 Å². The molecule has 0 aromatic carbocycles. The molecule has 116 valence electrons. The van der Waals surface area contributed by atoms with Crippen molar-refractivity contribution < 1.29 is 23.1 Å². The molecule has 21 heavy (non-hydrogen) atoms. The summed E-state index contributed by atoms with van der Waals surface area (Å²) in [6.07, 6.45) is -2.47. The van der Waals surface area contributed by atoms with Crippen LogP contribution in [0.1, 0.15) is 31.2 Å². The van der Waals surface area contributed by atoms with Gasteiger partial charge in [0.1, 0.15) is 0 Å². The first kappa shape index (κ1) is 15.8. The average molecular weight is 302 g/mol. The van der Waals surface area contributed by atoms with Gasteiger partial charge in [-0.2, -0.15) is 13.2 Å². The molecule has 2 rings (SSSR count). The number of aliphatic hydroxyl groups is 1. The van der Waals surface area contributed by atoms with Crippen LogP contribution >= 0.6 is 0 Å². The Hall–Kier alpha value is -1.63. The lowest BCUT2D eigenvalue weighted by Crippen LogP contribution is -2.54. The monoisotopic (exact) mass is 302 g/mol. The first-order valence-corrected chi connectivity index (χ1v) is 6.72. The van der Waals surface area contributed by atoms with Crippen molar-refractivity contribution in [2.24, 2.45) is 0 Å². The number of nitrogens with zero attached hydrogens (tertiary/aromatic N) is 2. The van der Waals surface area contributed by atoms with Crippen molar-refractivity contribution in [2.45, 2.75) is 37.5 Å². The average Bonchev–Trinajstić information content (AvgIpc) is 2.46. The van der Waals surface area contributed by atoms with Gasteiger partial charge in [-0.25, -0.2) is 0 Å². The summed E-state index contributed by atoms with van der Waals surface area (Å²) in [5.41, 5.74) is -1.96. The van der Waals surface area contributed by atoms with Crippen molar-refractivity contribution >= 4 is 5.91 Å². The van der Waals surface area contributed by atoms with Crippen LogP contribution in [0.5, 0.6) is 0 Å². The van der Waals surface area contributed by atoms with Gasteiger partial charge in [-0.05, 0) is 18.6 Å². The van der Waals surface area contributed by atoms with Gasteiger partial charge in [0.2, 0.25) is 5.91 Å². The van der Waals surface area contributed by atoms with Crippen LogP contribution in [0.2, 0.25) is 0 Å². The number of carbonyl (C=O) groups is 1. The van der Waals surface area contributed by atoms with E-state index in [1.165, 1.54) is 4.90 Å². The molecule has 0 saturated carbocycles. The van der Waals surface area contributed by atoms with Gasteiger partial charge in [-0.15, -0.1) is 0 Å². The quantitative estimate of drug-likeness (QED) is 0.910. The van der Waals surface area contributed by atoms with Crippen LogP contribution < -0.4 is 0 Å². The van der Waals surface area contributed by atoms with Gasteiger partial charge in [0, 0.05) is 38.3 Å². The van der Waals surface area contributed by atoms with E-state index in [0.717, 1.165) is 5.56 Å². The highest BCUT2D eigenvalue weighted by Crippen LogP contribution is 2.38. The molecule has 1 aromatic heterocycles. The number of carbonyl (C=O) groups excluding carboxylic acids is 1. The molecule has 1 atom stereocenters. The Morgan fingerprint density at radius 1 is 1.43 bits per heavy atom. The van der Waals surface area contributed by atoms with E-state index in [-0.39, 0.29) is 19.0 Å². The van der Waals surface area contributed by atoms with Crippen LogP contribution in [0.15, 0.2) is 24.5 Å². The van der Waals surface area contributed by atoms with Crippen LogP contribution in [-0.4, -0.2) is 45.8 Å². The Morgan fingerprint density at radius 3 is 2.52 bits per heavy atom. The standard InChI is InChI=1S/C14H17F3N2O2/c1-10(11-3-2-6-18-9-11)12(20)19-7-4-13(21,5-8-19)14(15,16)17/h2-3,6,9-10,21H,4-5,7-8H2,1H3. The summed E-state index contributed by atoms with van der Waals surface area (Å²) >= 11 is 0. The SMILES string of the molecule is CC(C(=O)N1CCC(O)(C(F)(F)F)CC1)c1cccnc1. The third-order valence-electron chi connectivity index (χ3n) is 3.98. The van der Waals surface area contributed by atoms with Crippen LogP contribution in [0.25, 0.3) is 0 Å². The van der Waals surface area contributed by atoms with Crippen LogP contribution in [0.4, 0.5) is 13.2 Å². The summed E-state index contributed by atoms with van der Waals surface area (Å²) in [4.78, 5) is 17.6. The minimum absolute atomic E-state index is 0.0978. The molecule has 0 spiro atoms. The molecular formula is C14H17F3N2O2. The summed E-state index contributed by atoms with van der Waals surface area (Å²) in [7, 11) is 0. The van der Waals surface area contributed by atoms with Gasteiger partial charge in [-0.1, -0.05) is 6.07 Å². The predicted molar refractivity (Wildman–Crippen MR) is 69.5 cm³/mol. The van der Waals surface area contributed by atoms with E-state index in [1.54, 1.807) is 31.5 Å². The third kappa shape index (κ3) is 3.18. The maximum Gasteiger partial charge on any atom is 0.417 e. The van der Waals surface area contributed by atoms with Gasteiger partial charge in [0.05, 0.1) is 5.92 Å². The maximum absolute atomic E-state index is 12.7. The number of aromatic nitrogens is 1. The summed E-state index contributed by atoms with van der Waals surface area (Å²) in [5.74, 6) is -0.706. The van der Waals surface area contributed by atoms with E-state index < -0.39 is 30.5 Å². The summed E-state index contributed by atoms with van der Waals surface area (Å²) in [6.45, 7) is 1.50. The highest BCUT2D eigenvalue weighted by atomic mass is 19.4. The highest BCUT2D eigenvalue weighted by molar-refractivity contribution is 5.83. The molecule has 1 fully saturated rings. The van der Waals surface area contributed by atoms with Crippen molar-refractivity contribution in [2.75, 3.05) is 13.1 Å². The number of likely N-dealkylation sites (tertiary alicyclic amines) is 1. The second-order valence-corrected chi connectivity index (χ2v) is 5.36. The largest absolute Gasteiger partial charge is 0.417 e. The van der Waals surface area contributed by atoms with Crippen LogP contribution in [0.3, 0.4) is 0 Å². The van der Waals surface area contributed by atoms with Gasteiger partial charge >= 0.3 is 6.18 Å². The fourth-order valence-electron chi connectivity index (χ4n) is 2.43. The Labute approximate surface area is 120 Å². The number of piperidine rings is 1. The smallest absolute Gasteiger partial charge is 0.380 e. The number of pyridine rings is 1. The molecule has 1 unspecified atom stereocenters. The third-order valence-corrected chi connectivity index (χ3v) is 3.98. The van der Waals surface area contributed by atoms with E-state index in [2.05, 4.69) is 4.98 Å². The number of rotatable bonds is 2. The first-order chi connectivity index (χ1) is 9.74. The van der Waals surface area contributed by atoms with Gasteiger partial charge < -0.3 is 10.0 Å². The van der Waals surface area contributed by atoms with Crippen LogP contribution in [0, 0.1) is 0 Å². The topological polar surface area (TPSA) is 53.4 Å². The maximum atomic E-state index is 12.7. The van der Waals surface area contributed by atoms with E-state index in [1.807, 2.05) is 0 Å². The van der Waals surface area contributed by atoms with Crippen molar-refractivity contribution in [1.29, 1.82) is 0 Å². The first-order valence-electron chi connectivity index (χ1n) is 6.72. The zero-order valence-electron chi connectivity index (χ0n) is 11.6. The molecule has 1 aliphatic rings. The lowest BCUT2D eigenvalue weighted by Gasteiger charge is -2.39. The Morgan fingerprint density at radius 2 is 2.05 bits per heavy atom. The molecule has 0 radical (unpaired) electrons. The summed E-state index contributed by atoms with van der Waals surface area (Å²) in [6, 6.07) is 3.46. The number of hydrogen-bond donors (Lipinski definition) is 1. The fraction of sp³-hybridized carbons (Fsp3) is 0.571. The molecule has 2 heterocycles. The number of halogens is 3. The number of alkyl halides is 3. The molecule has 7 heteroatoms. The van der Waals surface area contributed by atoms with Crippen molar-refractivity contribution in [3.05, 3.63) is 30.1 Å². The zero-order valence-corrected chi connectivity index (χ0v) is 11.6. The lowest BCUT2D eigenvalue weighted by atomic mass is 9.89. The predicted octanol–water partition coefficient (Wildman–Crippen LogP) is 2.10. The van der Waals surface area contributed by atoms with Gasteiger partial charge in [0.25, 0.3) is 0 Å². The van der Waals surface area contributed by atoms with E-state index in [0.29, 0.717) is 0 Å². The van der Waals surface area contributed by atoms with Gasteiger partial charge in [-0.3, -0.25) is 9.78 Å². The van der Waals surface area contributed by atoms with E-state index in [9.17, 15) is 23.1 Å². The number of amides is 1. The van der Waals surface area contributed by atoms with Crippen molar-refractivity contribution in [1.82, 2.24) is 9.88 Å². The Balaban J connectivity index is 2.01. The number of hydrogen-bond acceptors (Lipinski definition) is 3. The molecular weight excluding hydrogens is 285 g/mol. The Kier molecular flexibility index (Phi) is 4.22. The van der Waals surface area contributed by atoms with Crippen molar-refractivity contribution in [3.8, 4) is 0 Å². The second kappa shape index (κ2) is 5.63. The fourth-order valence-corrected chi connectivity index (χ4v) is 2.43. The van der Waals surface area contributed by atoms with E-state index in [4.69, 9.17) is 0 Å². The molecule has 0 aliphatic carbocycles. The minimum atomic E-state index is -4.66. The molecule has 4 nitrogen and oxygen atoms in total. The Bertz CT molecular complexity index is 497. The van der Waals surface area contributed by atoms with Crippen LogP contribution in [-0.2, 0) is 4.79 Å².